The number of aromatic nitrogens is 2. The molecule has 0 spiro atoms. The van der Waals surface area contributed by atoms with Gasteiger partial charge in [-0.2, -0.15) is 0 Å². The predicted molar refractivity (Wildman–Crippen MR) is 64.2 cm³/mol. The van der Waals surface area contributed by atoms with Crippen molar-refractivity contribution in [1.82, 2.24) is 9.55 Å². The Morgan fingerprint density at radius 3 is 2.71 bits per heavy atom. The fraction of sp³-hybridized carbons (Fsp3) is 0.300. The lowest BCUT2D eigenvalue weighted by Crippen LogP contribution is -2.16. The van der Waals surface area contributed by atoms with Gasteiger partial charge < -0.3 is 4.98 Å². The average Bonchev–Trinajstić information content (AvgIpc) is 2.54. The number of fused-ring (bicyclic) bond motifs is 1. The maximum Gasteiger partial charge on any atom is 0.326 e. The highest BCUT2D eigenvalue weighted by Crippen LogP contribution is 2.15. The highest BCUT2D eigenvalue weighted by molar-refractivity contribution is 7.89. The number of nitrogens with zero attached hydrogens (tertiary/aromatic N) is 1. The maximum atomic E-state index is 11.6. The molecule has 0 radical (unpaired) electrons. The number of hydrogen-bond donors (Lipinski definition) is 2. The lowest BCUT2D eigenvalue weighted by molar-refractivity contribution is 0.598. The molecule has 0 fully saturated rings. The van der Waals surface area contributed by atoms with Crippen LogP contribution in [0.2, 0.25) is 0 Å². The van der Waals surface area contributed by atoms with Crippen molar-refractivity contribution in [1.29, 1.82) is 0 Å². The zero-order valence-electron chi connectivity index (χ0n) is 9.30. The zero-order valence-corrected chi connectivity index (χ0v) is 10.1. The molecule has 0 unspecified atom stereocenters. The number of H-pyrrole nitrogens is 1. The molecule has 92 valence electrons. The Morgan fingerprint density at radius 1 is 1.41 bits per heavy atom. The monoisotopic (exact) mass is 255 g/mol. The van der Waals surface area contributed by atoms with Gasteiger partial charge in [-0.1, -0.05) is 6.92 Å². The average molecular weight is 255 g/mol. The number of imidazole rings is 1. The van der Waals surface area contributed by atoms with E-state index in [0.29, 0.717) is 17.6 Å². The Hall–Kier alpha value is -1.60. The lowest BCUT2D eigenvalue weighted by atomic mass is 10.3. The Bertz CT molecular complexity index is 712. The van der Waals surface area contributed by atoms with Crippen LogP contribution in [0.5, 0.6) is 0 Å². The number of sulfonamides is 1. The third kappa shape index (κ3) is 2.11. The normalized spacial score (nSPS) is 12.1. The summed E-state index contributed by atoms with van der Waals surface area (Å²) in [5.41, 5.74) is 0.924. The minimum Gasteiger partial charge on any atom is -0.305 e. The van der Waals surface area contributed by atoms with Gasteiger partial charge in [0.15, 0.2) is 0 Å². The molecule has 3 N–H and O–H groups in total. The molecule has 1 aromatic carbocycles. The topological polar surface area (TPSA) is 97.9 Å². The summed E-state index contributed by atoms with van der Waals surface area (Å²) in [5.74, 6) is 0. The summed E-state index contributed by atoms with van der Waals surface area (Å²) in [7, 11) is -3.74. The molecule has 0 amide bonds. The van der Waals surface area contributed by atoms with Crippen LogP contribution in [0.25, 0.3) is 11.0 Å². The number of aromatic amines is 1. The van der Waals surface area contributed by atoms with E-state index in [1.165, 1.54) is 12.1 Å². The van der Waals surface area contributed by atoms with Gasteiger partial charge >= 0.3 is 5.69 Å². The minimum atomic E-state index is -3.74. The maximum absolute atomic E-state index is 11.6. The fourth-order valence-corrected chi connectivity index (χ4v) is 2.31. The van der Waals surface area contributed by atoms with Gasteiger partial charge in [0.05, 0.1) is 15.9 Å². The van der Waals surface area contributed by atoms with Crippen LogP contribution >= 0.6 is 0 Å². The highest BCUT2D eigenvalue weighted by atomic mass is 32.2. The molecule has 1 aromatic heterocycles. The van der Waals surface area contributed by atoms with E-state index in [9.17, 15) is 13.2 Å². The Balaban J connectivity index is 2.70. The van der Waals surface area contributed by atoms with Gasteiger partial charge in [0.25, 0.3) is 0 Å². The zero-order chi connectivity index (χ0) is 12.6. The minimum absolute atomic E-state index is 0.00472. The number of hydrogen-bond acceptors (Lipinski definition) is 3. The number of rotatable bonds is 3. The molecule has 0 aliphatic rings. The lowest BCUT2D eigenvalue weighted by Gasteiger charge is -2.01. The van der Waals surface area contributed by atoms with Crippen LogP contribution in [0.15, 0.2) is 27.9 Å². The van der Waals surface area contributed by atoms with E-state index in [1.807, 2.05) is 6.92 Å². The van der Waals surface area contributed by atoms with Crippen LogP contribution in [0.4, 0.5) is 0 Å². The molecule has 2 rings (SSSR count). The van der Waals surface area contributed by atoms with Crippen molar-refractivity contribution in [3.8, 4) is 0 Å². The van der Waals surface area contributed by atoms with Crippen LogP contribution in [-0.4, -0.2) is 18.0 Å². The van der Waals surface area contributed by atoms with E-state index >= 15 is 0 Å². The second-order valence-electron chi connectivity index (χ2n) is 3.81. The predicted octanol–water partition coefficient (Wildman–Crippen LogP) is 0.387. The summed E-state index contributed by atoms with van der Waals surface area (Å²) in [4.78, 5) is 14.2. The fourth-order valence-electron chi connectivity index (χ4n) is 1.77. The molecule has 0 atom stereocenters. The van der Waals surface area contributed by atoms with Crippen LogP contribution in [0, 0.1) is 0 Å². The van der Waals surface area contributed by atoms with Gasteiger partial charge in [0, 0.05) is 6.54 Å². The van der Waals surface area contributed by atoms with Gasteiger partial charge in [-0.25, -0.2) is 18.4 Å². The molecule has 17 heavy (non-hydrogen) atoms. The smallest absolute Gasteiger partial charge is 0.305 e. The first-order chi connectivity index (χ1) is 7.93. The van der Waals surface area contributed by atoms with Crippen molar-refractivity contribution in [2.75, 3.05) is 0 Å². The first kappa shape index (κ1) is 11.9. The molecule has 1 heterocycles. The molecule has 0 saturated carbocycles. The summed E-state index contributed by atoms with van der Waals surface area (Å²) in [6, 6.07) is 4.36. The van der Waals surface area contributed by atoms with Crippen molar-refractivity contribution in [2.45, 2.75) is 24.8 Å². The molecule has 0 saturated heterocycles. The summed E-state index contributed by atoms with van der Waals surface area (Å²) >= 11 is 0. The highest BCUT2D eigenvalue weighted by Gasteiger charge is 2.11. The first-order valence-corrected chi connectivity index (χ1v) is 6.73. The van der Waals surface area contributed by atoms with Crippen molar-refractivity contribution in [3.63, 3.8) is 0 Å². The van der Waals surface area contributed by atoms with Crippen molar-refractivity contribution < 1.29 is 8.42 Å². The number of nitrogens with two attached hydrogens (primary N) is 1. The second-order valence-corrected chi connectivity index (χ2v) is 5.37. The third-order valence-corrected chi connectivity index (χ3v) is 3.43. The summed E-state index contributed by atoms with van der Waals surface area (Å²) in [6.45, 7) is 2.55. The third-order valence-electron chi connectivity index (χ3n) is 2.52. The summed E-state index contributed by atoms with van der Waals surface area (Å²) in [5, 5.41) is 5.02. The van der Waals surface area contributed by atoms with E-state index < -0.39 is 10.0 Å². The van der Waals surface area contributed by atoms with E-state index in [0.717, 1.165) is 6.42 Å². The summed E-state index contributed by atoms with van der Waals surface area (Å²) in [6.07, 6.45) is 0.823. The number of primary sulfonamides is 1. The Kier molecular flexibility index (Phi) is 2.80. The van der Waals surface area contributed by atoms with Crippen LogP contribution < -0.4 is 10.8 Å². The molecular formula is C10H13N3O3S. The number of benzene rings is 1. The van der Waals surface area contributed by atoms with Gasteiger partial charge in [-0.3, -0.25) is 4.57 Å². The van der Waals surface area contributed by atoms with E-state index in [1.54, 1.807) is 10.6 Å². The van der Waals surface area contributed by atoms with Gasteiger partial charge in [0.1, 0.15) is 0 Å². The second kappa shape index (κ2) is 4.01. The van der Waals surface area contributed by atoms with E-state index in [-0.39, 0.29) is 10.6 Å². The molecular weight excluding hydrogens is 242 g/mol. The van der Waals surface area contributed by atoms with Crippen molar-refractivity contribution in [2.24, 2.45) is 5.14 Å². The van der Waals surface area contributed by atoms with E-state index in [2.05, 4.69) is 4.98 Å². The van der Waals surface area contributed by atoms with Crippen LogP contribution in [-0.2, 0) is 16.6 Å². The SMILES string of the molecule is CCCn1c(=O)[nH]c2cc(S(N)(=O)=O)ccc21. The molecule has 2 aromatic rings. The van der Waals surface area contributed by atoms with Gasteiger partial charge in [-0.15, -0.1) is 0 Å². The van der Waals surface area contributed by atoms with Crippen molar-refractivity contribution in [3.05, 3.63) is 28.7 Å². The standard InChI is InChI=1S/C10H13N3O3S/c1-2-5-13-9-4-3-7(17(11,15)16)6-8(9)12-10(13)14/h3-4,6H,2,5H2,1H3,(H,12,14)(H2,11,15,16). The van der Waals surface area contributed by atoms with Crippen LogP contribution in [0.1, 0.15) is 13.3 Å². The summed E-state index contributed by atoms with van der Waals surface area (Å²) < 4.78 is 23.9. The van der Waals surface area contributed by atoms with Gasteiger partial charge in [0.2, 0.25) is 10.0 Å². The molecule has 0 bridgehead atoms. The Labute approximate surface area is 98.1 Å². The first-order valence-electron chi connectivity index (χ1n) is 5.19. The number of nitrogens with one attached hydrogen (secondary N) is 1. The number of aryl methyl sites for hydroxylation is 1. The molecule has 0 aliphatic carbocycles. The quantitative estimate of drug-likeness (QED) is 0.829. The van der Waals surface area contributed by atoms with Gasteiger partial charge in [-0.05, 0) is 24.6 Å². The van der Waals surface area contributed by atoms with Crippen LogP contribution in [0.3, 0.4) is 0 Å². The largest absolute Gasteiger partial charge is 0.326 e. The molecule has 7 heteroatoms. The molecule has 6 nitrogen and oxygen atoms in total. The van der Waals surface area contributed by atoms with Crippen molar-refractivity contribution >= 4 is 21.1 Å². The van der Waals surface area contributed by atoms with E-state index in [4.69, 9.17) is 5.14 Å². The molecule has 0 aliphatic heterocycles. The Morgan fingerprint density at radius 2 is 2.12 bits per heavy atom.